The van der Waals surface area contributed by atoms with Gasteiger partial charge in [0.2, 0.25) is 4.67 Å². The number of nitrogen functional groups attached to an aromatic ring is 1. The van der Waals surface area contributed by atoms with Crippen LogP contribution in [0.15, 0.2) is 15.5 Å². The molecule has 0 spiro atoms. The van der Waals surface area contributed by atoms with Crippen molar-refractivity contribution in [3.8, 4) is 0 Å². The summed E-state index contributed by atoms with van der Waals surface area (Å²) in [5, 5.41) is 0. The Balaban J connectivity index is 3.12. The topological polar surface area (TPSA) is 52.0 Å². The molecule has 0 amide bonds. The molecule has 1 aromatic rings. The molecular formula is C3H3BrN2O. The summed E-state index contributed by atoms with van der Waals surface area (Å²) in [6.45, 7) is 0. The van der Waals surface area contributed by atoms with Crippen LogP contribution in [0.1, 0.15) is 0 Å². The van der Waals surface area contributed by atoms with E-state index < -0.39 is 0 Å². The molecule has 4 heteroatoms. The third kappa shape index (κ3) is 0.742. The van der Waals surface area contributed by atoms with Crippen molar-refractivity contribution in [3.63, 3.8) is 0 Å². The highest BCUT2D eigenvalue weighted by Gasteiger charge is 1.94. The Morgan fingerprint density at radius 3 is 2.71 bits per heavy atom. The zero-order chi connectivity index (χ0) is 5.28. The van der Waals surface area contributed by atoms with E-state index in [-0.39, 0.29) is 0 Å². The van der Waals surface area contributed by atoms with E-state index in [1.807, 2.05) is 0 Å². The van der Waals surface area contributed by atoms with E-state index in [9.17, 15) is 0 Å². The second-order valence-corrected chi connectivity index (χ2v) is 1.73. The van der Waals surface area contributed by atoms with Crippen LogP contribution in [-0.4, -0.2) is 4.98 Å². The van der Waals surface area contributed by atoms with Crippen molar-refractivity contribution < 1.29 is 4.42 Å². The molecule has 1 rings (SSSR count). The lowest BCUT2D eigenvalue weighted by Crippen LogP contribution is -1.81. The number of aromatic nitrogens is 1. The van der Waals surface area contributed by atoms with Gasteiger partial charge in [0.15, 0.2) is 12.2 Å². The molecule has 3 nitrogen and oxygen atoms in total. The van der Waals surface area contributed by atoms with Crippen molar-refractivity contribution >= 4 is 21.7 Å². The number of anilines is 1. The van der Waals surface area contributed by atoms with Gasteiger partial charge in [-0.15, -0.1) is 0 Å². The highest BCUT2D eigenvalue weighted by atomic mass is 79.9. The van der Waals surface area contributed by atoms with Crippen molar-refractivity contribution in [2.45, 2.75) is 0 Å². The van der Waals surface area contributed by atoms with Gasteiger partial charge in [-0.05, 0) is 15.9 Å². The summed E-state index contributed by atoms with van der Waals surface area (Å²) in [5.74, 6) is 0.389. The van der Waals surface area contributed by atoms with Gasteiger partial charge in [0, 0.05) is 0 Å². The number of hydrogen-bond donors (Lipinski definition) is 1. The van der Waals surface area contributed by atoms with Crippen LogP contribution in [0.3, 0.4) is 0 Å². The van der Waals surface area contributed by atoms with Crippen LogP contribution in [-0.2, 0) is 0 Å². The van der Waals surface area contributed by atoms with Gasteiger partial charge in [-0.3, -0.25) is 0 Å². The molecule has 0 aliphatic heterocycles. The molecule has 0 fully saturated rings. The van der Waals surface area contributed by atoms with E-state index in [2.05, 4.69) is 25.3 Å². The lowest BCUT2D eigenvalue weighted by Gasteiger charge is -1.75. The maximum Gasteiger partial charge on any atom is 0.213 e. The van der Waals surface area contributed by atoms with Crippen LogP contribution < -0.4 is 5.73 Å². The van der Waals surface area contributed by atoms with E-state index >= 15 is 0 Å². The molecule has 2 N–H and O–H groups in total. The molecule has 0 aromatic carbocycles. The maximum absolute atomic E-state index is 5.19. The van der Waals surface area contributed by atoms with Crippen molar-refractivity contribution in [2.75, 3.05) is 5.73 Å². The van der Waals surface area contributed by atoms with E-state index in [1.165, 1.54) is 6.39 Å². The van der Waals surface area contributed by atoms with Gasteiger partial charge >= 0.3 is 0 Å². The zero-order valence-electron chi connectivity index (χ0n) is 3.39. The van der Waals surface area contributed by atoms with Gasteiger partial charge in [0.25, 0.3) is 0 Å². The van der Waals surface area contributed by atoms with Gasteiger partial charge in [-0.1, -0.05) is 0 Å². The summed E-state index contributed by atoms with van der Waals surface area (Å²) < 4.78 is 5.14. The Labute approximate surface area is 48.7 Å². The minimum atomic E-state index is 0.389. The van der Waals surface area contributed by atoms with E-state index in [0.29, 0.717) is 10.5 Å². The zero-order valence-corrected chi connectivity index (χ0v) is 4.97. The fraction of sp³-hybridized carbons (Fsp3) is 0. The normalized spacial score (nSPS) is 9.29. The predicted octanol–water partition coefficient (Wildman–Crippen LogP) is 1.02. The monoisotopic (exact) mass is 162 g/mol. The number of nitrogens with zero attached hydrogens (tertiary/aromatic N) is 1. The summed E-state index contributed by atoms with van der Waals surface area (Å²) in [6, 6.07) is 0. The molecule has 0 saturated carbocycles. The summed E-state index contributed by atoms with van der Waals surface area (Å²) in [7, 11) is 0. The van der Waals surface area contributed by atoms with Crippen LogP contribution in [0.25, 0.3) is 0 Å². The first kappa shape index (κ1) is 4.64. The third-order valence-electron chi connectivity index (χ3n) is 0.549. The summed E-state index contributed by atoms with van der Waals surface area (Å²) in [6.07, 6.45) is 1.28. The molecule has 38 valence electrons. The fourth-order valence-corrected chi connectivity index (χ4v) is 0.426. The summed E-state index contributed by atoms with van der Waals surface area (Å²) in [4.78, 5) is 3.58. The molecule has 0 aliphatic rings. The van der Waals surface area contributed by atoms with E-state index in [0.717, 1.165) is 0 Å². The quantitative estimate of drug-likeness (QED) is 0.620. The second-order valence-electron chi connectivity index (χ2n) is 1.01. The van der Waals surface area contributed by atoms with E-state index in [1.54, 1.807) is 0 Å². The van der Waals surface area contributed by atoms with Gasteiger partial charge in [-0.25, -0.2) is 0 Å². The molecule has 1 aromatic heterocycles. The number of rotatable bonds is 0. The number of oxazole rings is 1. The Hall–Kier alpha value is -0.510. The molecule has 0 unspecified atom stereocenters. The smallest absolute Gasteiger partial charge is 0.213 e. The standard InChI is InChI=1S/C3H3BrN2O/c4-2-3(5)6-1-7-2/h1H,5H2. The number of halogens is 1. The van der Waals surface area contributed by atoms with Gasteiger partial charge < -0.3 is 10.2 Å². The molecule has 0 radical (unpaired) electrons. The highest BCUT2D eigenvalue weighted by molar-refractivity contribution is 9.10. The first-order valence-corrected chi connectivity index (χ1v) is 2.44. The number of hydrogen-bond acceptors (Lipinski definition) is 3. The molecule has 0 aliphatic carbocycles. The minimum absolute atomic E-state index is 0.389. The first-order chi connectivity index (χ1) is 3.30. The van der Waals surface area contributed by atoms with Crippen LogP contribution in [0.4, 0.5) is 5.82 Å². The molecule has 7 heavy (non-hydrogen) atoms. The fourth-order valence-electron chi connectivity index (χ4n) is 0.241. The molecule has 1 heterocycles. The molecular weight excluding hydrogens is 160 g/mol. The lowest BCUT2D eigenvalue weighted by atomic mass is 10.8. The van der Waals surface area contributed by atoms with Crippen LogP contribution in [0, 0.1) is 0 Å². The number of nitrogens with two attached hydrogens (primary N) is 1. The average Bonchev–Trinajstić information content (AvgIpc) is 1.91. The minimum Gasteiger partial charge on any atom is -0.434 e. The maximum atomic E-state index is 5.19. The largest absolute Gasteiger partial charge is 0.434 e. The van der Waals surface area contributed by atoms with Gasteiger partial charge in [-0.2, -0.15) is 4.98 Å². The Morgan fingerprint density at radius 1 is 1.86 bits per heavy atom. The third-order valence-corrected chi connectivity index (χ3v) is 1.14. The molecule has 0 bridgehead atoms. The van der Waals surface area contributed by atoms with Crippen LogP contribution >= 0.6 is 15.9 Å². The SMILES string of the molecule is Nc1ncoc1Br. The second kappa shape index (κ2) is 1.54. The Morgan fingerprint density at radius 2 is 2.57 bits per heavy atom. The highest BCUT2D eigenvalue weighted by Crippen LogP contribution is 2.14. The molecule has 0 saturated heterocycles. The van der Waals surface area contributed by atoms with Gasteiger partial charge in [0.05, 0.1) is 0 Å². The summed E-state index contributed by atoms with van der Waals surface area (Å²) >= 11 is 3.01. The van der Waals surface area contributed by atoms with Crippen LogP contribution in [0.2, 0.25) is 0 Å². The van der Waals surface area contributed by atoms with Crippen molar-refractivity contribution in [1.29, 1.82) is 0 Å². The predicted molar refractivity (Wildman–Crippen MR) is 28.6 cm³/mol. The average molecular weight is 163 g/mol. The summed E-state index contributed by atoms with van der Waals surface area (Å²) in [5.41, 5.74) is 5.19. The first-order valence-electron chi connectivity index (χ1n) is 1.65. The van der Waals surface area contributed by atoms with Crippen molar-refractivity contribution in [1.82, 2.24) is 4.98 Å². The molecule has 0 atom stereocenters. The van der Waals surface area contributed by atoms with Gasteiger partial charge in [0.1, 0.15) is 0 Å². The van der Waals surface area contributed by atoms with Crippen LogP contribution in [0.5, 0.6) is 0 Å². The lowest BCUT2D eigenvalue weighted by molar-refractivity contribution is 0.534. The van der Waals surface area contributed by atoms with E-state index in [4.69, 9.17) is 5.73 Å². The Bertz CT molecular complexity index is 145. The van der Waals surface area contributed by atoms with Crippen molar-refractivity contribution in [2.24, 2.45) is 0 Å². The Kier molecular flexibility index (Phi) is 1.02. The van der Waals surface area contributed by atoms with Crippen molar-refractivity contribution in [3.05, 3.63) is 11.1 Å².